The normalized spacial score (nSPS) is 15.2. The van der Waals surface area contributed by atoms with Crippen molar-refractivity contribution in [3.05, 3.63) is 65.2 Å². The van der Waals surface area contributed by atoms with Gasteiger partial charge in [-0.05, 0) is 61.3 Å². The molecule has 1 saturated heterocycles. The minimum atomic E-state index is -3.43. The third-order valence-corrected chi connectivity index (χ3v) is 7.76. The van der Waals surface area contributed by atoms with Gasteiger partial charge in [0, 0.05) is 31.7 Å². The summed E-state index contributed by atoms with van der Waals surface area (Å²) in [6.07, 6.45) is 2.92. The number of carbonyl (C=O) groups excluding carboxylic acids is 1. The van der Waals surface area contributed by atoms with E-state index in [1.165, 1.54) is 5.56 Å². The van der Waals surface area contributed by atoms with Crippen LogP contribution in [0.3, 0.4) is 0 Å². The Morgan fingerprint density at radius 1 is 0.903 bits per heavy atom. The first-order chi connectivity index (χ1) is 14.9. The van der Waals surface area contributed by atoms with Crippen molar-refractivity contribution < 1.29 is 13.2 Å². The lowest BCUT2D eigenvalue weighted by atomic mass is 10.1. The molecule has 2 aromatic rings. The maximum Gasteiger partial charge on any atom is 0.251 e. The molecule has 0 bridgehead atoms. The van der Waals surface area contributed by atoms with Crippen molar-refractivity contribution in [2.75, 3.05) is 26.2 Å². The zero-order valence-corrected chi connectivity index (χ0v) is 19.3. The molecular weight excluding hydrogens is 410 g/mol. The number of benzene rings is 2. The molecule has 6 nitrogen and oxygen atoms in total. The van der Waals surface area contributed by atoms with Gasteiger partial charge in [-0.2, -0.15) is 4.31 Å². The van der Waals surface area contributed by atoms with Gasteiger partial charge >= 0.3 is 0 Å². The van der Waals surface area contributed by atoms with Crippen molar-refractivity contribution in [2.45, 2.75) is 51.1 Å². The first kappa shape index (κ1) is 23.4. The summed E-state index contributed by atoms with van der Waals surface area (Å²) in [6.45, 7) is 8.68. The molecule has 0 atom stereocenters. The molecule has 1 fully saturated rings. The number of hydrogen-bond donors (Lipinski definition) is 1. The highest BCUT2D eigenvalue weighted by Crippen LogP contribution is 2.21. The van der Waals surface area contributed by atoms with Crippen LogP contribution < -0.4 is 5.32 Å². The lowest BCUT2D eigenvalue weighted by molar-refractivity contribution is 0.0951. The molecule has 2 aromatic carbocycles. The van der Waals surface area contributed by atoms with Gasteiger partial charge in [-0.3, -0.25) is 9.69 Å². The highest BCUT2D eigenvalue weighted by molar-refractivity contribution is 7.89. The van der Waals surface area contributed by atoms with E-state index in [-0.39, 0.29) is 5.91 Å². The molecule has 1 N–H and O–H groups in total. The summed E-state index contributed by atoms with van der Waals surface area (Å²) in [4.78, 5) is 15.1. The Hall–Kier alpha value is -2.22. The minimum absolute atomic E-state index is 0.139. The molecule has 1 heterocycles. The molecule has 1 aliphatic heterocycles. The molecule has 7 heteroatoms. The molecule has 0 radical (unpaired) electrons. The number of nitrogens with zero attached hydrogens (tertiary/aromatic N) is 2. The van der Waals surface area contributed by atoms with Crippen LogP contribution in [0.25, 0.3) is 0 Å². The smallest absolute Gasteiger partial charge is 0.251 e. The number of hydrogen-bond acceptors (Lipinski definition) is 4. The van der Waals surface area contributed by atoms with Gasteiger partial charge in [0.15, 0.2) is 0 Å². The van der Waals surface area contributed by atoms with Crippen LogP contribution in [0.2, 0.25) is 0 Å². The molecular formula is C24H33N3O3S. The topological polar surface area (TPSA) is 69.7 Å². The van der Waals surface area contributed by atoms with Crippen molar-refractivity contribution in [2.24, 2.45) is 0 Å². The maximum atomic E-state index is 12.7. The Kier molecular flexibility index (Phi) is 8.23. The molecule has 0 spiro atoms. The van der Waals surface area contributed by atoms with E-state index in [2.05, 4.69) is 24.1 Å². The number of piperidine rings is 1. The lowest BCUT2D eigenvalue weighted by Gasteiger charge is -2.25. The quantitative estimate of drug-likeness (QED) is 0.643. The second kappa shape index (κ2) is 10.9. The summed E-state index contributed by atoms with van der Waals surface area (Å²) in [5.74, 6) is -0.139. The molecule has 1 amide bonds. The van der Waals surface area contributed by atoms with E-state index in [0.717, 1.165) is 44.5 Å². The van der Waals surface area contributed by atoms with Gasteiger partial charge in [0.2, 0.25) is 10.0 Å². The Balaban J connectivity index is 1.55. The number of nitrogens with one attached hydrogen (secondary N) is 1. The fourth-order valence-corrected chi connectivity index (χ4v) is 5.30. The van der Waals surface area contributed by atoms with E-state index in [1.807, 2.05) is 24.3 Å². The molecule has 0 saturated carbocycles. The van der Waals surface area contributed by atoms with E-state index >= 15 is 0 Å². The van der Waals surface area contributed by atoms with Crippen molar-refractivity contribution in [1.82, 2.24) is 14.5 Å². The molecule has 31 heavy (non-hydrogen) atoms. The monoisotopic (exact) mass is 443 g/mol. The molecule has 1 aliphatic rings. The van der Waals surface area contributed by atoms with Crippen LogP contribution >= 0.6 is 0 Å². The highest BCUT2D eigenvalue weighted by Gasteiger charge is 2.25. The number of amides is 1. The van der Waals surface area contributed by atoms with Gasteiger partial charge in [0.05, 0.1) is 4.90 Å². The van der Waals surface area contributed by atoms with Gasteiger partial charge in [-0.15, -0.1) is 0 Å². The van der Waals surface area contributed by atoms with Crippen molar-refractivity contribution in [1.29, 1.82) is 0 Å². The number of carbonyl (C=O) groups is 1. The minimum Gasteiger partial charge on any atom is -0.348 e. The third-order valence-electron chi connectivity index (χ3n) is 5.85. The van der Waals surface area contributed by atoms with Crippen LogP contribution in [0.1, 0.15) is 54.6 Å². The molecule has 0 aromatic heterocycles. The van der Waals surface area contributed by atoms with Crippen LogP contribution in [-0.4, -0.2) is 49.7 Å². The third kappa shape index (κ3) is 6.15. The largest absolute Gasteiger partial charge is 0.348 e. The Bertz CT molecular complexity index is 947. The van der Waals surface area contributed by atoms with E-state index in [4.69, 9.17) is 0 Å². The van der Waals surface area contributed by atoms with Gasteiger partial charge in [-0.1, -0.05) is 44.5 Å². The first-order valence-electron chi connectivity index (χ1n) is 11.1. The summed E-state index contributed by atoms with van der Waals surface area (Å²) in [6, 6.07) is 14.5. The van der Waals surface area contributed by atoms with E-state index in [1.54, 1.807) is 28.6 Å². The highest BCUT2D eigenvalue weighted by atomic mass is 32.2. The van der Waals surface area contributed by atoms with E-state index < -0.39 is 10.0 Å². The summed E-state index contributed by atoms with van der Waals surface area (Å²) in [7, 11) is -3.43. The average Bonchev–Trinajstić information content (AvgIpc) is 2.82. The summed E-state index contributed by atoms with van der Waals surface area (Å²) >= 11 is 0. The van der Waals surface area contributed by atoms with Gasteiger partial charge in [0.25, 0.3) is 5.91 Å². The van der Waals surface area contributed by atoms with Crippen LogP contribution in [0.4, 0.5) is 0 Å². The molecule has 0 aliphatic carbocycles. The Morgan fingerprint density at radius 2 is 1.48 bits per heavy atom. The summed E-state index contributed by atoms with van der Waals surface area (Å²) < 4.78 is 27.0. The van der Waals surface area contributed by atoms with E-state index in [9.17, 15) is 13.2 Å². The summed E-state index contributed by atoms with van der Waals surface area (Å²) in [5.41, 5.74) is 2.67. The van der Waals surface area contributed by atoms with Gasteiger partial charge in [-0.25, -0.2) is 8.42 Å². The lowest BCUT2D eigenvalue weighted by Crippen LogP contribution is -2.35. The standard InChI is InChI=1S/C24H33N3O3S/c1-3-26(4-2)19-21-8-12-22(13-9-21)24(28)25-18-20-10-14-23(15-11-20)31(29,30)27-16-6-5-7-17-27/h8-15H,3-7,16-19H2,1-2H3,(H,25,28). The Labute approximate surface area is 186 Å². The van der Waals surface area contributed by atoms with Gasteiger partial charge < -0.3 is 5.32 Å². The molecule has 168 valence electrons. The SMILES string of the molecule is CCN(CC)Cc1ccc(C(=O)NCc2ccc(S(=O)(=O)N3CCCCC3)cc2)cc1. The van der Waals surface area contributed by atoms with Gasteiger partial charge in [0.1, 0.15) is 0 Å². The zero-order chi connectivity index (χ0) is 22.3. The predicted octanol–water partition coefficient (Wildman–Crippen LogP) is 3.63. The van der Waals surface area contributed by atoms with Crippen molar-refractivity contribution in [3.8, 4) is 0 Å². The zero-order valence-electron chi connectivity index (χ0n) is 18.5. The Morgan fingerprint density at radius 3 is 2.06 bits per heavy atom. The first-order valence-corrected chi connectivity index (χ1v) is 12.6. The van der Waals surface area contributed by atoms with Crippen molar-refractivity contribution in [3.63, 3.8) is 0 Å². The average molecular weight is 444 g/mol. The van der Waals surface area contributed by atoms with Crippen molar-refractivity contribution >= 4 is 15.9 Å². The molecule has 3 rings (SSSR count). The maximum absolute atomic E-state index is 12.7. The van der Waals surface area contributed by atoms with Crippen LogP contribution in [0.5, 0.6) is 0 Å². The predicted molar refractivity (Wildman–Crippen MR) is 123 cm³/mol. The van der Waals surface area contributed by atoms with Crippen LogP contribution in [-0.2, 0) is 23.1 Å². The molecule has 0 unspecified atom stereocenters. The number of rotatable bonds is 9. The summed E-state index contributed by atoms with van der Waals surface area (Å²) in [5, 5.41) is 2.91. The fraction of sp³-hybridized carbons (Fsp3) is 0.458. The second-order valence-electron chi connectivity index (χ2n) is 7.95. The van der Waals surface area contributed by atoms with Crippen LogP contribution in [0, 0.1) is 0 Å². The fourth-order valence-electron chi connectivity index (χ4n) is 3.78. The number of sulfonamides is 1. The second-order valence-corrected chi connectivity index (χ2v) is 9.89. The van der Waals surface area contributed by atoms with E-state index in [0.29, 0.717) is 30.1 Å². The van der Waals surface area contributed by atoms with Crippen LogP contribution in [0.15, 0.2) is 53.4 Å².